The van der Waals surface area contributed by atoms with Crippen LogP contribution in [0.15, 0.2) is 24.3 Å². The molecule has 2 aromatic rings. The second-order valence-corrected chi connectivity index (χ2v) is 5.99. The van der Waals surface area contributed by atoms with Crippen LogP contribution < -0.4 is 4.90 Å². The van der Waals surface area contributed by atoms with E-state index in [0.29, 0.717) is 17.0 Å². The van der Waals surface area contributed by atoms with Gasteiger partial charge in [0.05, 0.1) is 24.8 Å². The van der Waals surface area contributed by atoms with Crippen LogP contribution in [0.25, 0.3) is 0 Å². The SMILES string of the molecule is COC(=O)c1c(CC(=O)N(C)c2cccc(C)c2)[nH]c(C(C)=O)c1C. The van der Waals surface area contributed by atoms with Crippen LogP contribution in [0.5, 0.6) is 0 Å². The number of amides is 1. The maximum atomic E-state index is 12.6. The lowest BCUT2D eigenvalue weighted by Crippen LogP contribution is -2.28. The third-order valence-electron chi connectivity index (χ3n) is 4.16. The van der Waals surface area contributed by atoms with Gasteiger partial charge in [0.1, 0.15) is 0 Å². The number of likely N-dealkylation sites (N-methyl/N-ethyl adjacent to an activating group) is 1. The number of hydrogen-bond donors (Lipinski definition) is 1. The number of benzene rings is 1. The fourth-order valence-corrected chi connectivity index (χ4v) is 2.77. The first-order chi connectivity index (χ1) is 11.8. The van der Waals surface area contributed by atoms with Crippen molar-refractivity contribution in [2.75, 3.05) is 19.1 Å². The van der Waals surface area contributed by atoms with Crippen LogP contribution in [0.3, 0.4) is 0 Å². The number of anilines is 1. The molecule has 0 radical (unpaired) electrons. The van der Waals surface area contributed by atoms with E-state index < -0.39 is 5.97 Å². The van der Waals surface area contributed by atoms with Gasteiger partial charge in [0.25, 0.3) is 0 Å². The molecule has 25 heavy (non-hydrogen) atoms. The molecule has 0 atom stereocenters. The number of carbonyl (C=O) groups excluding carboxylic acids is 3. The lowest BCUT2D eigenvalue weighted by molar-refractivity contribution is -0.117. The Morgan fingerprint density at radius 2 is 1.88 bits per heavy atom. The van der Waals surface area contributed by atoms with Gasteiger partial charge in [-0.2, -0.15) is 0 Å². The lowest BCUT2D eigenvalue weighted by atomic mass is 10.1. The van der Waals surface area contributed by atoms with Gasteiger partial charge in [-0.25, -0.2) is 4.79 Å². The number of aromatic nitrogens is 1. The summed E-state index contributed by atoms with van der Waals surface area (Å²) >= 11 is 0. The van der Waals surface area contributed by atoms with E-state index in [-0.39, 0.29) is 23.7 Å². The molecule has 1 heterocycles. The van der Waals surface area contributed by atoms with E-state index in [9.17, 15) is 14.4 Å². The summed E-state index contributed by atoms with van der Waals surface area (Å²) in [5.74, 6) is -0.970. The van der Waals surface area contributed by atoms with Gasteiger partial charge in [-0.3, -0.25) is 9.59 Å². The lowest BCUT2D eigenvalue weighted by Gasteiger charge is -2.18. The molecular weight excluding hydrogens is 320 g/mol. The van der Waals surface area contributed by atoms with Gasteiger partial charge in [0.2, 0.25) is 5.91 Å². The Kier molecular flexibility index (Phi) is 5.41. The number of carbonyl (C=O) groups is 3. The molecule has 0 fully saturated rings. The van der Waals surface area contributed by atoms with Gasteiger partial charge < -0.3 is 14.6 Å². The van der Waals surface area contributed by atoms with Crippen molar-refractivity contribution in [3.05, 3.63) is 52.3 Å². The summed E-state index contributed by atoms with van der Waals surface area (Å²) in [6, 6.07) is 7.57. The first-order valence-corrected chi connectivity index (χ1v) is 7.90. The van der Waals surface area contributed by atoms with Crippen molar-refractivity contribution in [1.82, 2.24) is 4.98 Å². The number of hydrogen-bond acceptors (Lipinski definition) is 4. The molecule has 6 nitrogen and oxygen atoms in total. The summed E-state index contributed by atoms with van der Waals surface area (Å²) in [7, 11) is 2.95. The summed E-state index contributed by atoms with van der Waals surface area (Å²) in [6.45, 7) is 5.02. The second kappa shape index (κ2) is 7.34. The highest BCUT2D eigenvalue weighted by Gasteiger charge is 2.25. The highest BCUT2D eigenvalue weighted by Crippen LogP contribution is 2.22. The van der Waals surface area contributed by atoms with Crippen LogP contribution in [0, 0.1) is 13.8 Å². The third-order valence-corrected chi connectivity index (χ3v) is 4.16. The maximum Gasteiger partial charge on any atom is 0.339 e. The van der Waals surface area contributed by atoms with Crippen LogP contribution in [0.1, 0.15) is 44.6 Å². The molecule has 0 aliphatic heterocycles. The molecule has 0 saturated carbocycles. The van der Waals surface area contributed by atoms with Gasteiger partial charge in [-0.15, -0.1) is 0 Å². The zero-order chi connectivity index (χ0) is 18.7. The normalized spacial score (nSPS) is 10.4. The van der Waals surface area contributed by atoms with E-state index in [1.165, 1.54) is 18.9 Å². The fraction of sp³-hybridized carbons (Fsp3) is 0.316. The van der Waals surface area contributed by atoms with Gasteiger partial charge in [0.15, 0.2) is 5.78 Å². The zero-order valence-electron chi connectivity index (χ0n) is 15.1. The molecule has 0 bridgehead atoms. The third kappa shape index (κ3) is 3.79. The molecular formula is C19H22N2O4. The van der Waals surface area contributed by atoms with E-state index in [4.69, 9.17) is 4.74 Å². The van der Waals surface area contributed by atoms with E-state index in [0.717, 1.165) is 11.3 Å². The Hall–Kier alpha value is -2.89. The number of nitrogens with zero attached hydrogens (tertiary/aromatic N) is 1. The molecule has 0 saturated heterocycles. The highest BCUT2D eigenvalue weighted by molar-refractivity contribution is 6.02. The number of H-pyrrole nitrogens is 1. The van der Waals surface area contributed by atoms with Crippen molar-refractivity contribution in [2.24, 2.45) is 0 Å². The number of aromatic amines is 1. The van der Waals surface area contributed by atoms with Crippen molar-refractivity contribution in [2.45, 2.75) is 27.2 Å². The van der Waals surface area contributed by atoms with Crippen LogP contribution in [0.4, 0.5) is 5.69 Å². The number of Topliss-reactive ketones (excluding diaryl/α,β-unsaturated/α-hetero) is 1. The van der Waals surface area contributed by atoms with E-state index in [2.05, 4.69) is 4.98 Å². The molecule has 0 spiro atoms. The zero-order valence-corrected chi connectivity index (χ0v) is 15.1. The van der Waals surface area contributed by atoms with E-state index >= 15 is 0 Å². The van der Waals surface area contributed by atoms with Crippen LogP contribution in [0.2, 0.25) is 0 Å². The largest absolute Gasteiger partial charge is 0.465 e. The van der Waals surface area contributed by atoms with Crippen molar-refractivity contribution < 1.29 is 19.1 Å². The van der Waals surface area contributed by atoms with Crippen molar-refractivity contribution >= 4 is 23.3 Å². The van der Waals surface area contributed by atoms with Crippen LogP contribution >= 0.6 is 0 Å². The molecule has 1 aromatic carbocycles. The number of aryl methyl sites for hydroxylation is 1. The summed E-state index contributed by atoms with van der Waals surface area (Å²) < 4.78 is 4.80. The first-order valence-electron chi connectivity index (χ1n) is 7.90. The Labute approximate surface area is 146 Å². The number of nitrogens with one attached hydrogen (secondary N) is 1. The Bertz CT molecular complexity index is 836. The van der Waals surface area contributed by atoms with Gasteiger partial charge >= 0.3 is 5.97 Å². The molecule has 0 unspecified atom stereocenters. The van der Waals surface area contributed by atoms with E-state index in [1.54, 1.807) is 14.0 Å². The van der Waals surface area contributed by atoms with Crippen LogP contribution in [-0.4, -0.2) is 36.8 Å². The summed E-state index contributed by atoms with van der Waals surface area (Å²) in [5, 5.41) is 0. The monoisotopic (exact) mass is 342 g/mol. The topological polar surface area (TPSA) is 79.5 Å². The van der Waals surface area contributed by atoms with Gasteiger partial charge in [-0.1, -0.05) is 12.1 Å². The molecule has 2 rings (SSSR count). The van der Waals surface area contributed by atoms with E-state index in [1.807, 2.05) is 31.2 Å². The number of ketones is 1. The minimum absolute atomic E-state index is 0.0387. The Morgan fingerprint density at radius 3 is 2.44 bits per heavy atom. The predicted octanol–water partition coefficient (Wildman–Crippen LogP) is 2.83. The molecule has 0 aliphatic carbocycles. The maximum absolute atomic E-state index is 12.6. The number of esters is 1. The van der Waals surface area contributed by atoms with Crippen molar-refractivity contribution in [3.8, 4) is 0 Å². The predicted molar refractivity (Wildman–Crippen MR) is 95.2 cm³/mol. The molecule has 1 N–H and O–H groups in total. The highest BCUT2D eigenvalue weighted by atomic mass is 16.5. The van der Waals surface area contributed by atoms with Gasteiger partial charge in [-0.05, 0) is 37.1 Å². The standard InChI is InChI=1S/C19H22N2O4/c1-11-7-6-8-14(9-11)21(4)16(23)10-15-17(19(24)25-5)12(2)18(20-15)13(3)22/h6-9,20H,10H2,1-5H3. The molecule has 132 valence electrons. The number of methoxy groups -OCH3 is 1. The minimum atomic E-state index is -0.567. The van der Waals surface area contributed by atoms with Crippen LogP contribution in [-0.2, 0) is 16.0 Å². The summed E-state index contributed by atoms with van der Waals surface area (Å²) in [5.41, 5.74) is 3.26. The molecule has 1 amide bonds. The quantitative estimate of drug-likeness (QED) is 0.669. The summed E-state index contributed by atoms with van der Waals surface area (Å²) in [6.07, 6.45) is -0.0387. The summed E-state index contributed by atoms with van der Waals surface area (Å²) in [4.78, 5) is 40.9. The number of rotatable bonds is 5. The first kappa shape index (κ1) is 18.4. The fourth-order valence-electron chi connectivity index (χ4n) is 2.77. The van der Waals surface area contributed by atoms with Crippen molar-refractivity contribution in [1.29, 1.82) is 0 Å². The number of ether oxygens (including phenoxy) is 1. The average molecular weight is 342 g/mol. The smallest absolute Gasteiger partial charge is 0.339 e. The minimum Gasteiger partial charge on any atom is -0.465 e. The Balaban J connectivity index is 2.35. The average Bonchev–Trinajstić information content (AvgIpc) is 2.89. The molecule has 0 aliphatic rings. The Morgan fingerprint density at radius 1 is 1.20 bits per heavy atom. The second-order valence-electron chi connectivity index (χ2n) is 5.99. The molecule has 1 aromatic heterocycles. The van der Waals surface area contributed by atoms with Gasteiger partial charge in [0, 0.05) is 25.4 Å². The molecule has 6 heteroatoms. The van der Waals surface area contributed by atoms with Crippen molar-refractivity contribution in [3.63, 3.8) is 0 Å².